The number of nitrogens with zero attached hydrogens (tertiary/aromatic N) is 4. The van der Waals surface area contributed by atoms with E-state index in [0.717, 1.165) is 22.5 Å². The zero-order valence-electron chi connectivity index (χ0n) is 17.5. The van der Waals surface area contributed by atoms with Gasteiger partial charge in [0, 0.05) is 17.5 Å². The minimum absolute atomic E-state index is 0.198. The molecular weight excluding hydrogens is 374 g/mol. The van der Waals surface area contributed by atoms with Crippen molar-refractivity contribution in [3.05, 3.63) is 77.0 Å². The minimum atomic E-state index is 0.198. The number of H-pyrrole nitrogens is 1. The van der Waals surface area contributed by atoms with Gasteiger partial charge in [-0.1, -0.05) is 30.3 Å². The molecule has 6 nitrogen and oxygen atoms in total. The van der Waals surface area contributed by atoms with Crippen molar-refractivity contribution < 1.29 is 4.74 Å². The number of rotatable bonds is 5. The summed E-state index contributed by atoms with van der Waals surface area (Å²) in [6, 6.07) is 16.7. The van der Waals surface area contributed by atoms with Crippen molar-refractivity contribution in [3.63, 3.8) is 0 Å². The molecule has 0 aliphatic carbocycles. The molecule has 0 fully saturated rings. The van der Waals surface area contributed by atoms with Gasteiger partial charge < -0.3 is 14.3 Å². The van der Waals surface area contributed by atoms with Crippen LogP contribution in [-0.2, 0) is 0 Å². The number of aromatic nitrogens is 4. The van der Waals surface area contributed by atoms with E-state index >= 15 is 0 Å². The number of benzene rings is 1. The lowest BCUT2D eigenvalue weighted by molar-refractivity contribution is 0.398. The van der Waals surface area contributed by atoms with E-state index in [1.807, 2.05) is 12.1 Å². The number of aryl methyl sites for hydroxylation is 1. The molecule has 4 aromatic rings. The van der Waals surface area contributed by atoms with Crippen molar-refractivity contribution in [2.45, 2.75) is 26.8 Å². The van der Waals surface area contributed by atoms with Gasteiger partial charge in [0.1, 0.15) is 11.9 Å². The Bertz CT molecular complexity index is 1270. The first kappa shape index (κ1) is 19.5. The van der Waals surface area contributed by atoms with Crippen LogP contribution in [0.4, 0.5) is 0 Å². The van der Waals surface area contributed by atoms with E-state index in [2.05, 4.69) is 76.7 Å². The highest BCUT2D eigenvalue weighted by Gasteiger charge is 2.16. The van der Waals surface area contributed by atoms with Gasteiger partial charge in [0.15, 0.2) is 0 Å². The fourth-order valence-corrected chi connectivity index (χ4v) is 3.86. The Labute approximate surface area is 175 Å². The van der Waals surface area contributed by atoms with Crippen molar-refractivity contribution in [3.8, 4) is 11.9 Å². The molecule has 3 aromatic heterocycles. The molecule has 1 N–H and O–H groups in total. The van der Waals surface area contributed by atoms with Crippen LogP contribution in [0, 0.1) is 25.2 Å². The first-order valence-corrected chi connectivity index (χ1v) is 9.77. The molecule has 0 aliphatic rings. The van der Waals surface area contributed by atoms with Crippen LogP contribution in [0.15, 0.2) is 48.7 Å². The molecule has 0 spiro atoms. The summed E-state index contributed by atoms with van der Waals surface area (Å²) in [5.74, 6) is 1.00. The SMILES string of the molecule is COc1cc2nc(/C(C#N)=C/c3cc(C)n([C@H](C)c4ccccc4)c3C)[nH]c2cn1. The predicted octanol–water partition coefficient (Wildman–Crippen LogP) is 5.06. The summed E-state index contributed by atoms with van der Waals surface area (Å²) in [5.41, 5.74) is 6.44. The molecule has 30 heavy (non-hydrogen) atoms. The topological polar surface area (TPSA) is 79.5 Å². The average molecular weight is 397 g/mol. The Morgan fingerprint density at radius 3 is 2.70 bits per heavy atom. The second-order valence-electron chi connectivity index (χ2n) is 7.28. The number of fused-ring (bicyclic) bond motifs is 1. The number of ether oxygens (including phenoxy) is 1. The van der Waals surface area contributed by atoms with E-state index in [0.29, 0.717) is 22.8 Å². The quantitative estimate of drug-likeness (QED) is 0.478. The Morgan fingerprint density at radius 1 is 1.23 bits per heavy atom. The van der Waals surface area contributed by atoms with Crippen LogP contribution in [0.25, 0.3) is 22.7 Å². The van der Waals surface area contributed by atoms with Gasteiger partial charge in [-0.3, -0.25) is 0 Å². The van der Waals surface area contributed by atoms with Gasteiger partial charge >= 0.3 is 0 Å². The number of hydrogen-bond donors (Lipinski definition) is 1. The molecule has 0 aliphatic heterocycles. The average Bonchev–Trinajstić information content (AvgIpc) is 3.31. The molecule has 0 radical (unpaired) electrons. The van der Waals surface area contributed by atoms with E-state index in [9.17, 15) is 5.26 Å². The molecular formula is C24H23N5O. The number of hydrogen-bond acceptors (Lipinski definition) is 4. The van der Waals surface area contributed by atoms with Crippen molar-refractivity contribution in [1.82, 2.24) is 19.5 Å². The molecule has 6 heteroatoms. The molecule has 0 bridgehead atoms. The zero-order valence-corrected chi connectivity index (χ0v) is 17.5. The van der Waals surface area contributed by atoms with E-state index in [4.69, 9.17) is 4.74 Å². The number of methoxy groups -OCH3 is 1. The van der Waals surface area contributed by atoms with Gasteiger partial charge in [-0.05, 0) is 44.0 Å². The largest absolute Gasteiger partial charge is 0.481 e. The maximum atomic E-state index is 9.80. The Balaban J connectivity index is 1.74. The molecule has 150 valence electrons. The number of nitriles is 1. The zero-order chi connectivity index (χ0) is 21.3. The minimum Gasteiger partial charge on any atom is -0.481 e. The molecule has 0 saturated carbocycles. The lowest BCUT2D eigenvalue weighted by atomic mass is 10.1. The van der Waals surface area contributed by atoms with Gasteiger partial charge in [-0.2, -0.15) is 5.26 Å². The van der Waals surface area contributed by atoms with E-state index in [-0.39, 0.29) is 6.04 Å². The number of allylic oxidation sites excluding steroid dienone is 1. The first-order chi connectivity index (χ1) is 14.5. The second kappa shape index (κ2) is 7.88. The molecule has 1 atom stereocenters. The molecule has 3 heterocycles. The first-order valence-electron chi connectivity index (χ1n) is 9.77. The van der Waals surface area contributed by atoms with Crippen molar-refractivity contribution >= 4 is 22.7 Å². The second-order valence-corrected chi connectivity index (χ2v) is 7.28. The highest BCUT2D eigenvalue weighted by atomic mass is 16.5. The highest BCUT2D eigenvalue weighted by Crippen LogP contribution is 2.28. The van der Waals surface area contributed by atoms with Crippen molar-refractivity contribution in [2.75, 3.05) is 7.11 Å². The fraction of sp³-hybridized carbons (Fsp3) is 0.208. The van der Waals surface area contributed by atoms with Crippen LogP contribution >= 0.6 is 0 Å². The van der Waals surface area contributed by atoms with Crippen LogP contribution in [-0.4, -0.2) is 26.6 Å². The van der Waals surface area contributed by atoms with Gasteiger partial charge in [0.25, 0.3) is 0 Å². The standard InChI is InChI=1S/C24H23N5O/c1-15-10-19(17(3)29(15)16(2)18-8-6-5-7-9-18)11-20(13-25)24-27-21-12-23(30-4)26-14-22(21)28-24/h5-12,14,16H,1-4H3,(H,27,28)/b20-11+/t16-/m1/s1. The van der Waals surface area contributed by atoms with Crippen LogP contribution in [0.2, 0.25) is 0 Å². The number of nitrogens with one attached hydrogen (secondary N) is 1. The Kier molecular flexibility index (Phi) is 5.11. The number of pyridine rings is 1. The fourth-order valence-electron chi connectivity index (χ4n) is 3.86. The smallest absolute Gasteiger partial charge is 0.215 e. The summed E-state index contributed by atoms with van der Waals surface area (Å²) in [6.07, 6.45) is 3.55. The summed E-state index contributed by atoms with van der Waals surface area (Å²) in [5, 5.41) is 9.80. The van der Waals surface area contributed by atoms with E-state index in [1.165, 1.54) is 5.56 Å². The molecule has 0 saturated heterocycles. The van der Waals surface area contributed by atoms with Crippen LogP contribution < -0.4 is 4.74 Å². The number of aromatic amines is 1. The van der Waals surface area contributed by atoms with Gasteiger partial charge in [0.2, 0.25) is 5.88 Å². The Hall–Kier alpha value is -3.85. The van der Waals surface area contributed by atoms with Crippen molar-refractivity contribution in [2.24, 2.45) is 0 Å². The van der Waals surface area contributed by atoms with Gasteiger partial charge in [-0.25, -0.2) is 9.97 Å². The summed E-state index contributed by atoms with van der Waals surface area (Å²) < 4.78 is 7.45. The van der Waals surface area contributed by atoms with Crippen LogP contribution in [0.3, 0.4) is 0 Å². The summed E-state index contributed by atoms with van der Waals surface area (Å²) >= 11 is 0. The Morgan fingerprint density at radius 2 is 2.00 bits per heavy atom. The summed E-state index contributed by atoms with van der Waals surface area (Å²) in [4.78, 5) is 11.9. The highest BCUT2D eigenvalue weighted by molar-refractivity contribution is 5.90. The van der Waals surface area contributed by atoms with Gasteiger partial charge in [-0.15, -0.1) is 0 Å². The molecule has 0 unspecified atom stereocenters. The third-order valence-corrected chi connectivity index (χ3v) is 5.42. The summed E-state index contributed by atoms with van der Waals surface area (Å²) in [7, 11) is 1.56. The molecule has 0 amide bonds. The summed E-state index contributed by atoms with van der Waals surface area (Å²) in [6.45, 7) is 6.36. The van der Waals surface area contributed by atoms with Crippen LogP contribution in [0.1, 0.15) is 41.3 Å². The maximum absolute atomic E-state index is 9.80. The maximum Gasteiger partial charge on any atom is 0.215 e. The van der Waals surface area contributed by atoms with Crippen molar-refractivity contribution in [1.29, 1.82) is 5.26 Å². The van der Waals surface area contributed by atoms with E-state index in [1.54, 1.807) is 19.4 Å². The third-order valence-electron chi connectivity index (χ3n) is 5.42. The monoisotopic (exact) mass is 397 g/mol. The van der Waals surface area contributed by atoms with E-state index < -0.39 is 0 Å². The number of imidazole rings is 1. The van der Waals surface area contributed by atoms with Crippen LogP contribution in [0.5, 0.6) is 5.88 Å². The van der Waals surface area contributed by atoms with Gasteiger partial charge in [0.05, 0.1) is 36.0 Å². The lowest BCUT2D eigenvalue weighted by Crippen LogP contribution is -2.10. The normalized spacial score (nSPS) is 12.7. The lowest BCUT2D eigenvalue weighted by Gasteiger charge is -2.19. The third kappa shape index (κ3) is 3.46. The predicted molar refractivity (Wildman–Crippen MR) is 118 cm³/mol. The molecule has 4 rings (SSSR count). The molecule has 1 aromatic carbocycles.